The van der Waals surface area contributed by atoms with Gasteiger partial charge in [0.2, 0.25) is 0 Å². The summed E-state index contributed by atoms with van der Waals surface area (Å²) in [6.45, 7) is 7.33. The zero-order valence-electron chi connectivity index (χ0n) is 22.9. The Kier molecular flexibility index (Phi) is 31.5. The van der Waals surface area contributed by atoms with E-state index < -0.39 is 11.9 Å². The molecular weight excluding hydrogens is 487 g/mol. The van der Waals surface area contributed by atoms with Gasteiger partial charge >= 0.3 is 63.3 Å². The Hall–Kier alpha value is -0.464. The van der Waals surface area contributed by atoms with E-state index in [1.54, 1.807) is 12.2 Å². The number of carboxylic acid groups (broad SMARTS) is 2. The van der Waals surface area contributed by atoms with Crippen molar-refractivity contribution in [3.63, 3.8) is 0 Å². The Morgan fingerprint density at radius 1 is 0.514 bits per heavy atom. The first-order valence-corrected chi connectivity index (χ1v) is 14.5. The monoisotopic (exact) mass is 542 g/mol. The Labute approximate surface area is 270 Å². The number of hydrogen-bond donors (Lipinski definition) is 2. The fourth-order valence-electron chi connectivity index (χ4n) is 4.67. The van der Waals surface area contributed by atoms with E-state index in [1.165, 1.54) is 38.5 Å². The molecule has 0 amide bonds. The van der Waals surface area contributed by atoms with Crippen LogP contribution >= 0.6 is 0 Å². The number of aliphatic carboxylic acids is 2. The fourth-order valence-corrected chi connectivity index (χ4v) is 4.67. The third kappa shape index (κ3) is 26.9. The molecule has 0 fully saturated rings. The summed E-state index contributed by atoms with van der Waals surface area (Å²) in [7, 11) is 0. The molecule has 2 atom stereocenters. The number of carboxylic acids is 2. The average molecular weight is 543 g/mol. The molecule has 0 bridgehead atoms. The molecule has 0 aromatic carbocycles. The molecule has 0 radical (unpaired) electrons. The minimum atomic E-state index is -0.663. The summed E-state index contributed by atoms with van der Waals surface area (Å²) in [6.07, 6.45) is 32.2. The molecule has 0 aromatic rings. The van der Waals surface area contributed by atoms with Crippen molar-refractivity contribution in [2.45, 2.75) is 128 Å². The first-order valence-electron chi connectivity index (χ1n) is 14.5. The van der Waals surface area contributed by atoms with Crippen molar-refractivity contribution in [3.05, 3.63) is 49.6 Å². The van der Waals surface area contributed by atoms with Crippen LogP contribution in [0.1, 0.15) is 128 Å². The Bertz CT molecular complexity index is 572. The van der Waals surface area contributed by atoms with Crippen LogP contribution in [0, 0.1) is 11.8 Å². The summed E-state index contributed by atoms with van der Waals surface area (Å²) in [5, 5.41) is 19.1. The van der Waals surface area contributed by atoms with Gasteiger partial charge in [-0.15, -0.1) is 0 Å². The SMILES string of the molecule is C=CC=CCCCCCCCC(CCCCCCC(CCCCCCCC=CC=C)C(=O)O)C(=O)O.[KH]. The third-order valence-electron chi connectivity index (χ3n) is 6.94. The molecule has 4 nitrogen and oxygen atoms in total. The van der Waals surface area contributed by atoms with Crippen molar-refractivity contribution < 1.29 is 19.8 Å². The van der Waals surface area contributed by atoms with Crippen molar-refractivity contribution in [2.75, 3.05) is 0 Å². The van der Waals surface area contributed by atoms with Crippen molar-refractivity contribution in [1.82, 2.24) is 0 Å². The van der Waals surface area contributed by atoms with E-state index in [0.29, 0.717) is 0 Å². The Balaban J connectivity index is 0. The summed E-state index contributed by atoms with van der Waals surface area (Å²) in [5.74, 6) is -1.79. The fraction of sp³-hybridized carbons (Fsp3) is 0.688. The average Bonchev–Trinajstić information content (AvgIpc) is 2.85. The van der Waals surface area contributed by atoms with Crippen LogP contribution in [0.3, 0.4) is 0 Å². The molecule has 5 heteroatoms. The topological polar surface area (TPSA) is 74.6 Å². The van der Waals surface area contributed by atoms with Crippen LogP contribution in [-0.4, -0.2) is 73.5 Å². The van der Waals surface area contributed by atoms with Crippen LogP contribution < -0.4 is 0 Å². The molecule has 37 heavy (non-hydrogen) atoms. The molecule has 0 saturated heterocycles. The van der Waals surface area contributed by atoms with Crippen molar-refractivity contribution in [1.29, 1.82) is 0 Å². The van der Waals surface area contributed by atoms with E-state index in [4.69, 9.17) is 0 Å². The maximum atomic E-state index is 11.6. The molecule has 2 unspecified atom stereocenters. The van der Waals surface area contributed by atoms with E-state index in [2.05, 4.69) is 25.3 Å². The molecule has 2 N–H and O–H groups in total. The first kappa shape index (κ1) is 38.7. The summed E-state index contributed by atoms with van der Waals surface area (Å²) in [4.78, 5) is 23.2. The number of hydrogen-bond acceptors (Lipinski definition) is 2. The zero-order chi connectivity index (χ0) is 26.7. The van der Waals surface area contributed by atoms with Crippen LogP contribution in [0.25, 0.3) is 0 Å². The molecular formula is C32H55KO4. The van der Waals surface area contributed by atoms with Gasteiger partial charge in [-0.2, -0.15) is 0 Å². The van der Waals surface area contributed by atoms with Gasteiger partial charge in [0.25, 0.3) is 0 Å². The Morgan fingerprint density at radius 3 is 1.05 bits per heavy atom. The maximum absolute atomic E-state index is 11.6. The molecule has 0 spiro atoms. The summed E-state index contributed by atoms with van der Waals surface area (Å²) < 4.78 is 0. The normalized spacial score (nSPS) is 12.9. The van der Waals surface area contributed by atoms with Crippen molar-refractivity contribution in [3.8, 4) is 0 Å². The van der Waals surface area contributed by atoms with Crippen LogP contribution in [0.15, 0.2) is 49.6 Å². The molecule has 0 aliphatic heterocycles. The second-order valence-electron chi connectivity index (χ2n) is 10.1. The van der Waals surface area contributed by atoms with Gasteiger partial charge in [0, 0.05) is 0 Å². The molecule has 0 aromatic heterocycles. The van der Waals surface area contributed by atoms with Crippen LogP contribution in [0.2, 0.25) is 0 Å². The predicted octanol–water partition coefficient (Wildman–Crippen LogP) is 9.03. The number of rotatable bonds is 27. The zero-order valence-corrected chi connectivity index (χ0v) is 22.9. The standard InChI is InChI=1S/C32H54O4.K.H/c1-3-5-7-9-11-13-15-17-21-25-29(31(33)34)27-23-19-20-24-28-30(32(35)36)26-22-18-16-14-12-10-8-6-4-2;;/h3-8,29-30H,1-2,9-28H2,(H,33,34)(H,35,36);;. The molecule has 0 aliphatic carbocycles. The minimum absolute atomic E-state index is 0. The molecule has 0 heterocycles. The predicted molar refractivity (Wildman–Crippen MR) is 160 cm³/mol. The van der Waals surface area contributed by atoms with Gasteiger partial charge < -0.3 is 10.2 Å². The molecule has 208 valence electrons. The summed E-state index contributed by atoms with van der Waals surface area (Å²) in [5.41, 5.74) is 0. The van der Waals surface area contributed by atoms with Crippen molar-refractivity contribution >= 4 is 63.3 Å². The van der Waals surface area contributed by atoms with E-state index in [-0.39, 0.29) is 63.2 Å². The molecule has 0 saturated carbocycles. The van der Waals surface area contributed by atoms with Gasteiger partial charge in [-0.05, 0) is 51.4 Å². The number of unbranched alkanes of at least 4 members (excludes halogenated alkanes) is 13. The van der Waals surface area contributed by atoms with Gasteiger partial charge in [0.1, 0.15) is 0 Å². The second kappa shape index (κ2) is 30.1. The van der Waals surface area contributed by atoms with Gasteiger partial charge in [-0.3, -0.25) is 9.59 Å². The Morgan fingerprint density at radius 2 is 0.784 bits per heavy atom. The van der Waals surface area contributed by atoms with Crippen molar-refractivity contribution in [2.24, 2.45) is 11.8 Å². The van der Waals surface area contributed by atoms with Gasteiger partial charge in [0.15, 0.2) is 0 Å². The number of carbonyl (C=O) groups is 2. The quantitative estimate of drug-likeness (QED) is 0.0617. The van der Waals surface area contributed by atoms with E-state index >= 15 is 0 Å². The van der Waals surface area contributed by atoms with E-state index in [9.17, 15) is 19.8 Å². The van der Waals surface area contributed by atoms with Crippen LogP contribution in [0.4, 0.5) is 0 Å². The van der Waals surface area contributed by atoms with Gasteiger partial charge in [0.05, 0.1) is 11.8 Å². The summed E-state index contributed by atoms with van der Waals surface area (Å²) in [6, 6.07) is 0. The van der Waals surface area contributed by atoms with Gasteiger partial charge in [-0.25, -0.2) is 0 Å². The number of allylic oxidation sites excluding steroid dienone is 6. The van der Waals surface area contributed by atoms with Crippen LogP contribution in [-0.2, 0) is 9.59 Å². The third-order valence-corrected chi connectivity index (χ3v) is 6.94. The summed E-state index contributed by atoms with van der Waals surface area (Å²) >= 11 is 0. The van der Waals surface area contributed by atoms with Gasteiger partial charge in [-0.1, -0.05) is 127 Å². The molecule has 0 rings (SSSR count). The first-order chi connectivity index (χ1) is 17.5. The van der Waals surface area contributed by atoms with E-state index in [1.807, 2.05) is 12.2 Å². The molecule has 0 aliphatic rings. The van der Waals surface area contributed by atoms with Crippen LogP contribution in [0.5, 0.6) is 0 Å². The second-order valence-corrected chi connectivity index (χ2v) is 10.1. The van der Waals surface area contributed by atoms with E-state index in [0.717, 1.165) is 89.9 Å².